The van der Waals surface area contributed by atoms with Crippen LogP contribution in [0.3, 0.4) is 0 Å². The lowest BCUT2D eigenvalue weighted by Gasteiger charge is -2.38. The van der Waals surface area contributed by atoms with Gasteiger partial charge in [-0.25, -0.2) is 21.9 Å². The van der Waals surface area contributed by atoms with E-state index in [0.717, 1.165) is 12.5 Å². The van der Waals surface area contributed by atoms with Crippen molar-refractivity contribution < 1.29 is 17.2 Å². The molecule has 0 unspecified atom stereocenters. The summed E-state index contributed by atoms with van der Waals surface area (Å²) in [4.78, 5) is -0.627. The second kappa shape index (κ2) is 5.72. The van der Waals surface area contributed by atoms with E-state index in [9.17, 15) is 17.2 Å². The van der Waals surface area contributed by atoms with Gasteiger partial charge in [0.2, 0.25) is 10.0 Å². The molecule has 0 saturated heterocycles. The maximum Gasteiger partial charge on any atom is 0.245 e. The Labute approximate surface area is 122 Å². The number of halogens is 2. The Balaban J connectivity index is 2.51. The summed E-state index contributed by atoms with van der Waals surface area (Å²) in [7, 11) is -4.12. The van der Waals surface area contributed by atoms with Crippen LogP contribution in [0, 0.1) is 23.5 Å². The first-order chi connectivity index (χ1) is 9.77. The lowest BCUT2D eigenvalue weighted by Crippen LogP contribution is -2.51. The standard InChI is InChI=1S/C14H16F2N2O2S/c1-14(5-3-6-14)18-21(19,20)13-10(4-2-7-17)8-11(15)9-12(13)16/h8-9,18H,3,5-7,17H2,1H3. The normalized spacial score (nSPS) is 16.8. The molecule has 0 spiro atoms. The molecule has 0 amide bonds. The quantitative estimate of drug-likeness (QED) is 0.831. The molecule has 1 fully saturated rings. The van der Waals surface area contributed by atoms with Crippen molar-refractivity contribution in [2.45, 2.75) is 36.6 Å². The van der Waals surface area contributed by atoms with Gasteiger partial charge in [-0.1, -0.05) is 11.8 Å². The fourth-order valence-electron chi connectivity index (χ4n) is 2.26. The second-order valence-electron chi connectivity index (χ2n) is 5.29. The topological polar surface area (TPSA) is 72.2 Å². The summed E-state index contributed by atoms with van der Waals surface area (Å²) in [6, 6.07) is 1.43. The largest absolute Gasteiger partial charge is 0.320 e. The van der Waals surface area contributed by atoms with Crippen LogP contribution in [0.4, 0.5) is 8.78 Å². The van der Waals surface area contributed by atoms with Gasteiger partial charge in [0, 0.05) is 11.6 Å². The van der Waals surface area contributed by atoms with E-state index in [4.69, 9.17) is 5.73 Å². The zero-order valence-electron chi connectivity index (χ0n) is 11.5. The summed E-state index contributed by atoms with van der Waals surface area (Å²) in [5.74, 6) is 2.78. The molecule has 2 rings (SSSR count). The van der Waals surface area contributed by atoms with Gasteiger partial charge in [-0.15, -0.1) is 0 Å². The van der Waals surface area contributed by atoms with E-state index >= 15 is 0 Å². The van der Waals surface area contributed by atoms with Gasteiger partial charge in [0.1, 0.15) is 16.5 Å². The van der Waals surface area contributed by atoms with E-state index < -0.39 is 32.1 Å². The van der Waals surface area contributed by atoms with E-state index in [1.165, 1.54) is 0 Å². The highest BCUT2D eigenvalue weighted by Crippen LogP contribution is 2.33. The third-order valence-electron chi connectivity index (χ3n) is 3.44. The molecule has 1 aliphatic carbocycles. The highest BCUT2D eigenvalue weighted by molar-refractivity contribution is 7.89. The number of rotatable bonds is 3. The first kappa shape index (κ1) is 15.9. The minimum atomic E-state index is -4.12. The summed E-state index contributed by atoms with van der Waals surface area (Å²) in [5, 5.41) is 0. The molecule has 0 bridgehead atoms. The number of nitrogens with two attached hydrogens (primary N) is 1. The molecule has 1 aliphatic rings. The van der Waals surface area contributed by atoms with Gasteiger partial charge in [-0.2, -0.15) is 0 Å². The van der Waals surface area contributed by atoms with Crippen molar-refractivity contribution in [3.63, 3.8) is 0 Å². The number of hydrogen-bond donors (Lipinski definition) is 2. The molecule has 4 nitrogen and oxygen atoms in total. The van der Waals surface area contributed by atoms with Gasteiger partial charge in [-0.05, 0) is 32.3 Å². The van der Waals surface area contributed by atoms with E-state index in [1.54, 1.807) is 6.92 Å². The zero-order chi connectivity index (χ0) is 15.7. The number of nitrogens with one attached hydrogen (secondary N) is 1. The predicted octanol–water partition coefficient (Wildman–Crippen LogP) is 1.50. The van der Waals surface area contributed by atoms with Crippen molar-refractivity contribution in [1.29, 1.82) is 0 Å². The third kappa shape index (κ3) is 3.40. The van der Waals surface area contributed by atoms with Crippen LogP contribution in [0.15, 0.2) is 17.0 Å². The number of sulfonamides is 1. The molecule has 0 radical (unpaired) electrons. The molecular weight excluding hydrogens is 298 g/mol. The lowest BCUT2D eigenvalue weighted by atomic mass is 9.80. The van der Waals surface area contributed by atoms with E-state index in [0.29, 0.717) is 18.9 Å². The molecule has 7 heteroatoms. The maximum atomic E-state index is 14.0. The zero-order valence-corrected chi connectivity index (χ0v) is 12.4. The van der Waals surface area contributed by atoms with Gasteiger partial charge >= 0.3 is 0 Å². The average Bonchev–Trinajstić information content (AvgIpc) is 2.32. The Morgan fingerprint density at radius 1 is 1.38 bits per heavy atom. The molecular formula is C14H16F2N2O2S. The summed E-state index contributed by atoms with van der Waals surface area (Å²) in [6.07, 6.45) is 2.27. The van der Waals surface area contributed by atoms with Crippen LogP contribution in [-0.2, 0) is 10.0 Å². The van der Waals surface area contributed by atoms with Crippen LogP contribution in [0.2, 0.25) is 0 Å². The van der Waals surface area contributed by atoms with Crippen molar-refractivity contribution in [3.05, 3.63) is 29.3 Å². The van der Waals surface area contributed by atoms with Crippen molar-refractivity contribution in [2.75, 3.05) is 6.54 Å². The van der Waals surface area contributed by atoms with Gasteiger partial charge in [0.15, 0.2) is 0 Å². The highest BCUT2D eigenvalue weighted by atomic mass is 32.2. The smallest absolute Gasteiger partial charge is 0.245 e. The predicted molar refractivity (Wildman–Crippen MR) is 74.9 cm³/mol. The molecule has 0 aliphatic heterocycles. The van der Waals surface area contributed by atoms with Crippen molar-refractivity contribution in [1.82, 2.24) is 4.72 Å². The average molecular weight is 314 g/mol. The molecule has 0 heterocycles. The summed E-state index contributed by atoms with van der Waals surface area (Å²) < 4.78 is 54.5. The van der Waals surface area contributed by atoms with Crippen LogP contribution < -0.4 is 10.5 Å². The van der Waals surface area contributed by atoms with Crippen molar-refractivity contribution in [3.8, 4) is 11.8 Å². The molecule has 1 aromatic rings. The minimum absolute atomic E-state index is 0.0389. The summed E-state index contributed by atoms with van der Waals surface area (Å²) in [5.41, 5.74) is 4.40. The maximum absolute atomic E-state index is 14.0. The monoisotopic (exact) mass is 314 g/mol. The van der Waals surface area contributed by atoms with Gasteiger partial charge in [0.05, 0.1) is 12.1 Å². The van der Waals surface area contributed by atoms with Crippen LogP contribution >= 0.6 is 0 Å². The van der Waals surface area contributed by atoms with Gasteiger partial charge in [-0.3, -0.25) is 0 Å². The Morgan fingerprint density at radius 3 is 2.57 bits per heavy atom. The first-order valence-corrected chi connectivity index (χ1v) is 7.98. The van der Waals surface area contributed by atoms with Gasteiger partial charge < -0.3 is 5.73 Å². The molecule has 3 N–H and O–H groups in total. The van der Waals surface area contributed by atoms with Crippen LogP contribution in [0.25, 0.3) is 0 Å². The van der Waals surface area contributed by atoms with E-state index in [2.05, 4.69) is 16.6 Å². The fourth-order valence-corrected chi connectivity index (χ4v) is 3.93. The second-order valence-corrected chi connectivity index (χ2v) is 6.91. The minimum Gasteiger partial charge on any atom is -0.320 e. The van der Waals surface area contributed by atoms with Crippen LogP contribution in [-0.4, -0.2) is 20.5 Å². The summed E-state index contributed by atoms with van der Waals surface area (Å²) in [6.45, 7) is 1.71. The Bertz CT molecular complexity index is 716. The number of hydrogen-bond acceptors (Lipinski definition) is 3. The lowest BCUT2D eigenvalue weighted by molar-refractivity contribution is 0.247. The summed E-state index contributed by atoms with van der Waals surface area (Å²) >= 11 is 0. The fraction of sp³-hybridized carbons (Fsp3) is 0.429. The molecule has 1 saturated carbocycles. The van der Waals surface area contributed by atoms with Crippen LogP contribution in [0.1, 0.15) is 31.7 Å². The molecule has 1 aromatic carbocycles. The molecule has 0 atom stereocenters. The van der Waals surface area contributed by atoms with Crippen LogP contribution in [0.5, 0.6) is 0 Å². The van der Waals surface area contributed by atoms with Crippen molar-refractivity contribution in [2.24, 2.45) is 5.73 Å². The Kier molecular flexibility index (Phi) is 4.33. The van der Waals surface area contributed by atoms with E-state index in [-0.39, 0.29) is 12.1 Å². The highest BCUT2D eigenvalue weighted by Gasteiger charge is 2.38. The molecule has 21 heavy (non-hydrogen) atoms. The van der Waals surface area contributed by atoms with Crippen molar-refractivity contribution >= 4 is 10.0 Å². The Hall–Kier alpha value is -1.49. The SMILES string of the molecule is CC1(NS(=O)(=O)c2c(F)cc(F)cc2C#CCN)CCC1. The Morgan fingerprint density at radius 2 is 2.05 bits per heavy atom. The van der Waals surface area contributed by atoms with E-state index in [1.807, 2.05) is 0 Å². The number of benzene rings is 1. The molecule has 114 valence electrons. The first-order valence-electron chi connectivity index (χ1n) is 6.49. The third-order valence-corrected chi connectivity index (χ3v) is 5.15. The van der Waals surface area contributed by atoms with Gasteiger partial charge in [0.25, 0.3) is 0 Å². The molecule has 0 aromatic heterocycles.